The zero-order valence-corrected chi connectivity index (χ0v) is 12.8. The fraction of sp³-hybridized carbons (Fsp3) is 0.235. The third-order valence-electron chi connectivity index (χ3n) is 2.98. The number of rotatable bonds is 4. The van der Waals surface area contributed by atoms with Gasteiger partial charge in [0.1, 0.15) is 0 Å². The van der Waals surface area contributed by atoms with Gasteiger partial charge >= 0.3 is 0 Å². The molecule has 0 saturated carbocycles. The summed E-state index contributed by atoms with van der Waals surface area (Å²) < 4.78 is 0. The van der Waals surface area contributed by atoms with E-state index in [1.165, 1.54) is 4.88 Å². The average molecular weight is 298 g/mol. The Labute approximate surface area is 129 Å². The maximum atomic E-state index is 12.3. The molecule has 3 nitrogen and oxygen atoms in total. The number of thiophene rings is 1. The minimum atomic E-state index is -0.0865. The van der Waals surface area contributed by atoms with Crippen LogP contribution in [0.25, 0.3) is 0 Å². The van der Waals surface area contributed by atoms with Crippen LogP contribution in [0.2, 0.25) is 0 Å². The van der Waals surface area contributed by atoms with Crippen LogP contribution in [0, 0.1) is 18.8 Å². The molecule has 1 aromatic carbocycles. The number of benzene rings is 1. The number of amides is 1. The molecule has 0 atom stereocenters. The summed E-state index contributed by atoms with van der Waals surface area (Å²) >= 11 is 1.70. The third-order valence-corrected chi connectivity index (χ3v) is 3.92. The number of nitrogens with one attached hydrogen (secondary N) is 1. The first-order valence-electron chi connectivity index (χ1n) is 6.81. The van der Waals surface area contributed by atoms with Crippen molar-refractivity contribution in [3.05, 3.63) is 57.3 Å². The Morgan fingerprint density at radius 3 is 2.95 bits per heavy atom. The molecule has 4 heteroatoms. The van der Waals surface area contributed by atoms with Gasteiger partial charge in [0.2, 0.25) is 0 Å². The van der Waals surface area contributed by atoms with Crippen molar-refractivity contribution in [3.8, 4) is 11.8 Å². The number of hydrogen-bond donors (Lipinski definition) is 2. The van der Waals surface area contributed by atoms with E-state index in [0.29, 0.717) is 12.1 Å². The molecule has 108 valence electrons. The van der Waals surface area contributed by atoms with Gasteiger partial charge in [0, 0.05) is 17.0 Å². The van der Waals surface area contributed by atoms with Gasteiger partial charge < -0.3 is 11.1 Å². The van der Waals surface area contributed by atoms with Crippen LogP contribution >= 0.6 is 11.3 Å². The molecular formula is C17H18N2OS. The largest absolute Gasteiger partial charge is 0.352 e. The van der Waals surface area contributed by atoms with Gasteiger partial charge in [-0.05, 0) is 36.9 Å². The van der Waals surface area contributed by atoms with E-state index < -0.39 is 0 Å². The molecule has 1 aromatic heterocycles. The lowest BCUT2D eigenvalue weighted by Crippen LogP contribution is -2.26. The summed E-state index contributed by atoms with van der Waals surface area (Å²) in [6.07, 6.45) is 0.846. The summed E-state index contributed by atoms with van der Waals surface area (Å²) in [6, 6.07) is 9.76. The highest BCUT2D eigenvalue weighted by Gasteiger charge is 2.10. The Morgan fingerprint density at radius 1 is 1.38 bits per heavy atom. The summed E-state index contributed by atoms with van der Waals surface area (Å²) in [5.41, 5.74) is 7.77. The predicted molar refractivity (Wildman–Crippen MR) is 87.5 cm³/mol. The summed E-state index contributed by atoms with van der Waals surface area (Å²) in [5.74, 6) is 5.66. The molecule has 0 aliphatic heterocycles. The van der Waals surface area contributed by atoms with Gasteiger partial charge in [0.25, 0.3) is 5.91 Å². The van der Waals surface area contributed by atoms with Gasteiger partial charge in [0.05, 0.1) is 12.1 Å². The standard InChI is InChI=1S/C17H18N2OS/c1-13-6-7-14(4-2-9-18)16(12-13)17(20)19-10-8-15-5-3-11-21-15/h3,5-7,11-12H,8-10,18H2,1H3,(H,19,20). The van der Waals surface area contributed by atoms with Crippen LogP contribution in [0.15, 0.2) is 35.7 Å². The molecule has 0 fully saturated rings. The van der Waals surface area contributed by atoms with E-state index in [-0.39, 0.29) is 12.5 Å². The Kier molecular flexibility index (Phi) is 5.56. The van der Waals surface area contributed by atoms with Crippen LogP contribution in [-0.4, -0.2) is 19.0 Å². The second-order valence-corrected chi connectivity index (χ2v) is 5.67. The Bertz CT molecular complexity index is 666. The zero-order chi connectivity index (χ0) is 15.1. The molecule has 1 heterocycles. The molecule has 0 bridgehead atoms. The monoisotopic (exact) mass is 298 g/mol. The molecule has 0 spiro atoms. The molecule has 0 saturated heterocycles. The topological polar surface area (TPSA) is 55.1 Å². The van der Waals surface area contributed by atoms with Gasteiger partial charge in [-0.1, -0.05) is 29.5 Å². The minimum Gasteiger partial charge on any atom is -0.352 e. The van der Waals surface area contributed by atoms with Crippen LogP contribution < -0.4 is 11.1 Å². The van der Waals surface area contributed by atoms with E-state index in [0.717, 1.165) is 17.5 Å². The van der Waals surface area contributed by atoms with Gasteiger partial charge in [0.15, 0.2) is 0 Å². The van der Waals surface area contributed by atoms with Gasteiger partial charge in [-0.15, -0.1) is 11.3 Å². The summed E-state index contributed by atoms with van der Waals surface area (Å²) in [6.45, 7) is 2.87. The van der Waals surface area contributed by atoms with E-state index in [2.05, 4.69) is 23.2 Å². The summed E-state index contributed by atoms with van der Waals surface area (Å²) in [5, 5.41) is 4.99. The quantitative estimate of drug-likeness (QED) is 0.851. The van der Waals surface area contributed by atoms with Crippen LogP contribution in [-0.2, 0) is 6.42 Å². The van der Waals surface area contributed by atoms with E-state index in [1.807, 2.05) is 36.6 Å². The van der Waals surface area contributed by atoms with Gasteiger partial charge in [-0.3, -0.25) is 4.79 Å². The molecule has 0 unspecified atom stereocenters. The number of aryl methyl sites for hydroxylation is 1. The van der Waals surface area contributed by atoms with Crippen LogP contribution in [0.5, 0.6) is 0 Å². The Morgan fingerprint density at radius 2 is 2.24 bits per heavy atom. The number of carbonyl (C=O) groups is 1. The molecule has 21 heavy (non-hydrogen) atoms. The highest BCUT2D eigenvalue weighted by atomic mass is 32.1. The molecule has 2 rings (SSSR count). The van der Waals surface area contributed by atoms with E-state index in [9.17, 15) is 4.79 Å². The Hall–Kier alpha value is -2.09. The van der Waals surface area contributed by atoms with Crippen molar-refractivity contribution in [2.45, 2.75) is 13.3 Å². The van der Waals surface area contributed by atoms with Crippen molar-refractivity contribution in [1.29, 1.82) is 0 Å². The zero-order valence-electron chi connectivity index (χ0n) is 12.0. The summed E-state index contributed by atoms with van der Waals surface area (Å²) in [7, 11) is 0. The number of carbonyl (C=O) groups excluding carboxylic acids is 1. The average Bonchev–Trinajstić information content (AvgIpc) is 2.99. The van der Waals surface area contributed by atoms with Crippen molar-refractivity contribution >= 4 is 17.2 Å². The van der Waals surface area contributed by atoms with Crippen LogP contribution in [0.1, 0.15) is 26.4 Å². The van der Waals surface area contributed by atoms with Gasteiger partial charge in [-0.2, -0.15) is 0 Å². The lowest BCUT2D eigenvalue weighted by atomic mass is 10.0. The first-order chi connectivity index (χ1) is 10.2. The number of hydrogen-bond acceptors (Lipinski definition) is 3. The van der Waals surface area contributed by atoms with Crippen LogP contribution in [0.4, 0.5) is 0 Å². The van der Waals surface area contributed by atoms with Crippen molar-refractivity contribution in [3.63, 3.8) is 0 Å². The third kappa shape index (κ3) is 4.45. The van der Waals surface area contributed by atoms with E-state index in [4.69, 9.17) is 5.73 Å². The van der Waals surface area contributed by atoms with Crippen molar-refractivity contribution in [2.75, 3.05) is 13.1 Å². The molecule has 3 N–H and O–H groups in total. The SMILES string of the molecule is Cc1ccc(C#CCN)c(C(=O)NCCc2cccs2)c1. The molecule has 0 radical (unpaired) electrons. The highest BCUT2D eigenvalue weighted by molar-refractivity contribution is 7.09. The second-order valence-electron chi connectivity index (χ2n) is 4.64. The Balaban J connectivity index is 2.05. The minimum absolute atomic E-state index is 0.0865. The molecule has 0 aliphatic carbocycles. The fourth-order valence-electron chi connectivity index (χ4n) is 1.95. The van der Waals surface area contributed by atoms with Crippen LogP contribution in [0.3, 0.4) is 0 Å². The van der Waals surface area contributed by atoms with E-state index in [1.54, 1.807) is 11.3 Å². The first kappa shape index (κ1) is 15.3. The maximum absolute atomic E-state index is 12.3. The lowest BCUT2D eigenvalue weighted by molar-refractivity contribution is 0.0954. The molecular weight excluding hydrogens is 280 g/mol. The van der Waals surface area contributed by atoms with Crippen molar-refractivity contribution < 1.29 is 4.79 Å². The first-order valence-corrected chi connectivity index (χ1v) is 7.69. The molecule has 2 aromatic rings. The second kappa shape index (κ2) is 7.63. The smallest absolute Gasteiger partial charge is 0.252 e. The van der Waals surface area contributed by atoms with E-state index >= 15 is 0 Å². The fourth-order valence-corrected chi connectivity index (χ4v) is 2.66. The normalized spacial score (nSPS) is 9.81. The highest BCUT2D eigenvalue weighted by Crippen LogP contribution is 2.12. The predicted octanol–water partition coefficient (Wildman–Crippen LogP) is 2.34. The number of nitrogens with two attached hydrogens (primary N) is 1. The molecule has 1 amide bonds. The van der Waals surface area contributed by atoms with Crippen molar-refractivity contribution in [2.24, 2.45) is 5.73 Å². The summed E-state index contributed by atoms with van der Waals surface area (Å²) in [4.78, 5) is 13.6. The van der Waals surface area contributed by atoms with Crippen molar-refractivity contribution in [1.82, 2.24) is 5.32 Å². The maximum Gasteiger partial charge on any atom is 0.252 e. The molecule has 0 aliphatic rings. The lowest BCUT2D eigenvalue weighted by Gasteiger charge is -2.07. The van der Waals surface area contributed by atoms with Gasteiger partial charge in [-0.25, -0.2) is 0 Å².